The summed E-state index contributed by atoms with van der Waals surface area (Å²) in [7, 11) is 0. The third-order valence-corrected chi connectivity index (χ3v) is 11.6. The number of rotatable bonds is 3. The highest BCUT2D eigenvalue weighted by atomic mass is 16.3. The van der Waals surface area contributed by atoms with Crippen molar-refractivity contribution in [1.82, 2.24) is 0 Å². The lowest BCUT2D eigenvalue weighted by Gasteiger charge is -2.61. The second kappa shape index (κ2) is 8.37. The number of hydrogen-bond donors (Lipinski definition) is 0. The number of fused-ring (bicyclic) bond motifs is 13. The highest BCUT2D eigenvalue weighted by Crippen LogP contribution is 2.68. The Labute approximate surface area is 250 Å². The maximum atomic E-state index is 6.67. The lowest BCUT2D eigenvalue weighted by Crippen LogP contribution is -2.77. The molecule has 2 nitrogen and oxygen atoms in total. The van der Waals surface area contributed by atoms with Crippen LogP contribution in [0.25, 0.3) is 44.5 Å². The van der Waals surface area contributed by atoms with Crippen molar-refractivity contribution < 1.29 is 8.98 Å². The molecule has 8 rings (SSSR count). The minimum absolute atomic E-state index is 0.0772. The lowest BCUT2D eigenvalue weighted by molar-refractivity contribution is -0.757. The van der Waals surface area contributed by atoms with Crippen LogP contribution in [0.2, 0.25) is 0 Å². The molecule has 5 aromatic rings. The average Bonchev–Trinajstić information content (AvgIpc) is 3.53. The van der Waals surface area contributed by atoms with Crippen molar-refractivity contribution in [3.8, 4) is 22.6 Å². The first-order valence-electron chi connectivity index (χ1n) is 16.2. The number of furan rings is 1. The fraction of sp³-hybridized carbons (Fsp3) is 0.425. The number of pyridine rings is 1. The molecular formula is C40H44NO+. The molecule has 2 aromatic heterocycles. The van der Waals surface area contributed by atoms with Crippen molar-refractivity contribution in [2.45, 2.75) is 73.3 Å². The van der Waals surface area contributed by atoms with E-state index in [9.17, 15) is 0 Å². The maximum Gasteiger partial charge on any atom is 0.214 e. The first kappa shape index (κ1) is 26.3. The molecule has 42 heavy (non-hydrogen) atoms. The summed E-state index contributed by atoms with van der Waals surface area (Å²) in [5, 5.41) is 2.63. The van der Waals surface area contributed by atoms with E-state index in [0.717, 1.165) is 11.3 Å². The molecule has 0 radical (unpaired) electrons. The van der Waals surface area contributed by atoms with Gasteiger partial charge in [-0.15, -0.1) is 0 Å². The summed E-state index contributed by atoms with van der Waals surface area (Å²) in [6, 6.07) is 25.2. The highest BCUT2D eigenvalue weighted by Gasteiger charge is 2.75. The molecular weight excluding hydrogens is 510 g/mol. The van der Waals surface area contributed by atoms with Gasteiger partial charge in [0.25, 0.3) is 0 Å². The summed E-state index contributed by atoms with van der Waals surface area (Å²) < 4.78 is 9.52. The van der Waals surface area contributed by atoms with Gasteiger partial charge in [0.1, 0.15) is 11.3 Å². The molecule has 3 heterocycles. The summed E-state index contributed by atoms with van der Waals surface area (Å²) in [4.78, 5) is 0. The van der Waals surface area contributed by atoms with Crippen molar-refractivity contribution in [3.05, 3.63) is 89.0 Å². The number of aryl methyl sites for hydroxylation is 1. The SMILES string of the molecule is Cc1cc2[n+](c3ccccc13)C1(c3ccc4c(c3-2)C(C)(C)c2c-4oc3ccccc23)C(C(C)C)C(C(C)C)C1C(C)C. The molecule has 1 aliphatic heterocycles. The molecule has 3 aliphatic rings. The fourth-order valence-electron chi connectivity index (χ4n) is 10.5. The minimum atomic E-state index is -0.173. The van der Waals surface area contributed by atoms with Crippen LogP contribution in [0.15, 0.2) is 71.1 Å². The van der Waals surface area contributed by atoms with Gasteiger partial charge >= 0.3 is 0 Å². The quantitative estimate of drug-likeness (QED) is 0.203. The smallest absolute Gasteiger partial charge is 0.214 e. The van der Waals surface area contributed by atoms with Gasteiger partial charge in [0.05, 0.1) is 5.56 Å². The summed E-state index contributed by atoms with van der Waals surface area (Å²) >= 11 is 0. The van der Waals surface area contributed by atoms with Crippen molar-refractivity contribution in [3.63, 3.8) is 0 Å². The molecule has 0 saturated heterocycles. The number of nitrogens with zero attached hydrogens (tertiary/aromatic N) is 1. The van der Waals surface area contributed by atoms with Gasteiger partial charge in [0, 0.05) is 56.8 Å². The second-order valence-electron chi connectivity index (χ2n) is 15.1. The first-order valence-corrected chi connectivity index (χ1v) is 16.2. The van der Waals surface area contributed by atoms with Crippen LogP contribution in [0.4, 0.5) is 0 Å². The van der Waals surface area contributed by atoms with E-state index in [-0.39, 0.29) is 11.0 Å². The summed E-state index contributed by atoms with van der Waals surface area (Å²) in [6.07, 6.45) is 0. The first-order chi connectivity index (χ1) is 20.0. The van der Waals surface area contributed by atoms with Crippen LogP contribution in [-0.2, 0) is 11.0 Å². The van der Waals surface area contributed by atoms with E-state index in [1.807, 2.05) is 0 Å². The Morgan fingerprint density at radius 3 is 2.05 bits per heavy atom. The number of aromatic nitrogens is 1. The van der Waals surface area contributed by atoms with E-state index in [0.29, 0.717) is 35.5 Å². The highest BCUT2D eigenvalue weighted by molar-refractivity contribution is 5.98. The predicted octanol–water partition coefficient (Wildman–Crippen LogP) is 10.0. The molecule has 1 fully saturated rings. The lowest BCUT2D eigenvalue weighted by atomic mass is 9.41. The van der Waals surface area contributed by atoms with E-state index in [1.165, 1.54) is 49.8 Å². The van der Waals surface area contributed by atoms with Crippen molar-refractivity contribution in [2.24, 2.45) is 35.5 Å². The van der Waals surface area contributed by atoms with Crippen molar-refractivity contribution in [2.75, 3.05) is 0 Å². The van der Waals surface area contributed by atoms with Crippen LogP contribution in [0.3, 0.4) is 0 Å². The van der Waals surface area contributed by atoms with Gasteiger partial charge in [-0.25, -0.2) is 0 Å². The van der Waals surface area contributed by atoms with Gasteiger partial charge < -0.3 is 4.42 Å². The van der Waals surface area contributed by atoms with Crippen molar-refractivity contribution in [1.29, 1.82) is 0 Å². The Morgan fingerprint density at radius 1 is 0.738 bits per heavy atom. The summed E-state index contributed by atoms with van der Waals surface area (Å²) in [5.74, 6) is 4.63. The Bertz CT molecular complexity index is 1920. The van der Waals surface area contributed by atoms with E-state index < -0.39 is 0 Å². The van der Waals surface area contributed by atoms with Gasteiger partial charge in [-0.3, -0.25) is 0 Å². The van der Waals surface area contributed by atoms with Crippen molar-refractivity contribution >= 4 is 21.9 Å². The molecule has 2 atom stereocenters. The average molecular weight is 555 g/mol. The van der Waals surface area contributed by atoms with E-state index in [2.05, 4.69) is 134 Å². The number of para-hydroxylation sites is 2. The zero-order valence-electron chi connectivity index (χ0n) is 26.7. The molecule has 2 aliphatic carbocycles. The molecule has 3 aromatic carbocycles. The molecule has 0 N–H and O–H groups in total. The van der Waals surface area contributed by atoms with Gasteiger partial charge in [-0.1, -0.05) is 97.9 Å². The number of benzene rings is 3. The molecule has 0 bridgehead atoms. The zero-order valence-corrected chi connectivity index (χ0v) is 26.7. The summed E-state index contributed by atoms with van der Waals surface area (Å²) in [6.45, 7) is 22.0. The second-order valence-corrected chi connectivity index (χ2v) is 15.1. The van der Waals surface area contributed by atoms with Gasteiger partial charge in [0.15, 0.2) is 0 Å². The van der Waals surface area contributed by atoms with Gasteiger partial charge in [-0.2, -0.15) is 4.57 Å². The third-order valence-electron chi connectivity index (χ3n) is 11.6. The van der Waals surface area contributed by atoms with Gasteiger partial charge in [0.2, 0.25) is 16.7 Å². The molecule has 1 spiro atoms. The Morgan fingerprint density at radius 2 is 1.38 bits per heavy atom. The minimum Gasteiger partial charge on any atom is -0.456 e. The Balaban J connectivity index is 1.55. The molecule has 2 unspecified atom stereocenters. The predicted molar refractivity (Wildman–Crippen MR) is 174 cm³/mol. The molecule has 2 heteroatoms. The van der Waals surface area contributed by atoms with E-state index >= 15 is 0 Å². The van der Waals surface area contributed by atoms with Gasteiger partial charge in [-0.05, 0) is 53.9 Å². The van der Waals surface area contributed by atoms with Crippen LogP contribution < -0.4 is 4.57 Å². The molecule has 0 amide bonds. The van der Waals surface area contributed by atoms with Crippen LogP contribution in [-0.4, -0.2) is 0 Å². The standard InChI is InChI=1S/C40H44NO/c1-21(2)32-34(22(3)4)40(35(32)23(5)6)28-19-18-27-36(39(8,9)37-26-15-11-13-17-31(26)42-38(27)37)33(28)30-20-24(7)25-14-10-12-16-29(25)41(30)40/h10-23,32,34-35H,1-9H3/q+1. The maximum absolute atomic E-state index is 6.67. The van der Waals surface area contributed by atoms with E-state index in [1.54, 1.807) is 5.56 Å². The largest absolute Gasteiger partial charge is 0.456 e. The van der Waals surface area contributed by atoms with Crippen LogP contribution in [0, 0.1) is 42.4 Å². The molecule has 214 valence electrons. The number of hydrogen-bond acceptors (Lipinski definition) is 1. The monoisotopic (exact) mass is 554 g/mol. The Hall–Kier alpha value is -3.39. The van der Waals surface area contributed by atoms with E-state index in [4.69, 9.17) is 4.42 Å². The summed E-state index contributed by atoms with van der Waals surface area (Å²) in [5.41, 5.74) is 12.0. The zero-order chi connectivity index (χ0) is 29.5. The molecule has 1 saturated carbocycles. The normalized spacial score (nSPS) is 25.0. The van der Waals surface area contributed by atoms with Crippen LogP contribution in [0.5, 0.6) is 0 Å². The third kappa shape index (κ3) is 2.85. The fourth-order valence-corrected chi connectivity index (χ4v) is 10.5. The van der Waals surface area contributed by atoms with Crippen LogP contribution in [0.1, 0.15) is 77.6 Å². The van der Waals surface area contributed by atoms with Crippen LogP contribution >= 0.6 is 0 Å². The topological polar surface area (TPSA) is 17.0 Å². The Kier molecular flexibility index (Phi) is 5.23.